The van der Waals surface area contributed by atoms with Crippen molar-refractivity contribution in [3.8, 4) is 0 Å². The number of carbonyl (C=O) groups excluding carboxylic acids is 1. The Morgan fingerprint density at radius 3 is 2.67 bits per heavy atom. The predicted molar refractivity (Wildman–Crippen MR) is 153 cm³/mol. The Labute approximate surface area is 240 Å². The predicted octanol–water partition coefficient (Wildman–Crippen LogP) is 7.33. The molecule has 1 fully saturated rings. The first kappa shape index (κ1) is 29.8. The van der Waals surface area contributed by atoms with Crippen LogP contribution in [0.25, 0.3) is 10.9 Å². The smallest absolute Gasteiger partial charge is 0.416 e. The van der Waals surface area contributed by atoms with Crippen molar-refractivity contribution >= 4 is 44.5 Å². The first-order valence-corrected chi connectivity index (χ1v) is 14.3. The van der Waals surface area contributed by atoms with Crippen LogP contribution in [-0.4, -0.2) is 41.6 Å². The lowest BCUT2D eigenvalue weighted by atomic mass is 9.89. The summed E-state index contributed by atoms with van der Waals surface area (Å²) in [4.78, 5) is 32.2. The zero-order chi connectivity index (χ0) is 29.0. The van der Waals surface area contributed by atoms with E-state index in [1.807, 2.05) is 25.1 Å². The molecule has 2 heterocycles. The lowest BCUT2D eigenvalue weighted by molar-refractivity contribution is -0.138. The zero-order valence-corrected chi connectivity index (χ0v) is 24.1. The Hall–Kier alpha value is -3.14. The number of nitrogens with one attached hydrogen (secondary N) is 1. The Balaban J connectivity index is 1.70. The van der Waals surface area contributed by atoms with Crippen LogP contribution >= 0.6 is 15.9 Å². The Morgan fingerprint density at radius 2 is 1.98 bits per heavy atom. The van der Waals surface area contributed by atoms with Crippen molar-refractivity contribution in [3.63, 3.8) is 0 Å². The number of alkyl halides is 3. The SMILES string of the molecule is CC[C@@H]1CCCN(c2nc3ccc(Br)cc3c(C(=O)NC[C@H](CCC(=O)O)c3ccccc3C(F)(F)F)c2C)C1. The fourth-order valence-electron chi connectivity index (χ4n) is 5.59. The van der Waals surface area contributed by atoms with Gasteiger partial charge in [0.15, 0.2) is 0 Å². The van der Waals surface area contributed by atoms with Crippen molar-refractivity contribution in [2.75, 3.05) is 24.5 Å². The van der Waals surface area contributed by atoms with Gasteiger partial charge in [0, 0.05) is 47.4 Å². The first-order valence-electron chi connectivity index (χ1n) is 13.5. The van der Waals surface area contributed by atoms with Gasteiger partial charge in [-0.1, -0.05) is 47.5 Å². The highest BCUT2D eigenvalue weighted by Crippen LogP contribution is 2.37. The van der Waals surface area contributed by atoms with Gasteiger partial charge < -0.3 is 15.3 Å². The van der Waals surface area contributed by atoms with E-state index < -0.39 is 29.5 Å². The lowest BCUT2D eigenvalue weighted by Gasteiger charge is -2.34. The van der Waals surface area contributed by atoms with Crippen molar-refractivity contribution in [1.82, 2.24) is 10.3 Å². The number of halogens is 4. The minimum absolute atomic E-state index is 0.0322. The number of pyridine rings is 1. The Bertz CT molecular complexity index is 1400. The van der Waals surface area contributed by atoms with Gasteiger partial charge in [0.05, 0.1) is 16.6 Å². The van der Waals surface area contributed by atoms with Crippen molar-refractivity contribution in [3.05, 3.63) is 69.2 Å². The van der Waals surface area contributed by atoms with E-state index in [1.165, 1.54) is 18.2 Å². The third-order valence-corrected chi connectivity index (χ3v) is 8.20. The number of hydrogen-bond acceptors (Lipinski definition) is 4. The molecule has 2 aromatic carbocycles. The number of nitrogens with zero attached hydrogens (tertiary/aromatic N) is 2. The van der Waals surface area contributed by atoms with Crippen LogP contribution in [0.1, 0.15) is 72.0 Å². The number of benzene rings is 2. The number of carboxylic acids is 1. The highest BCUT2D eigenvalue weighted by molar-refractivity contribution is 9.10. The van der Waals surface area contributed by atoms with Crippen LogP contribution in [0, 0.1) is 12.8 Å². The van der Waals surface area contributed by atoms with E-state index in [-0.39, 0.29) is 24.9 Å². The molecule has 10 heteroatoms. The number of amides is 1. The van der Waals surface area contributed by atoms with Crippen molar-refractivity contribution < 1.29 is 27.9 Å². The molecule has 0 radical (unpaired) electrons. The largest absolute Gasteiger partial charge is 0.481 e. The lowest BCUT2D eigenvalue weighted by Crippen LogP contribution is -2.37. The number of fused-ring (bicyclic) bond motifs is 1. The third-order valence-electron chi connectivity index (χ3n) is 7.71. The maximum absolute atomic E-state index is 13.8. The number of anilines is 1. The molecule has 0 unspecified atom stereocenters. The van der Waals surface area contributed by atoms with Crippen LogP contribution in [0.3, 0.4) is 0 Å². The summed E-state index contributed by atoms with van der Waals surface area (Å²) in [5.74, 6) is -1.11. The van der Waals surface area contributed by atoms with Crippen molar-refractivity contribution in [2.24, 2.45) is 5.92 Å². The van der Waals surface area contributed by atoms with Crippen LogP contribution in [-0.2, 0) is 11.0 Å². The molecule has 1 saturated heterocycles. The van der Waals surface area contributed by atoms with Crippen LogP contribution in [0.5, 0.6) is 0 Å². The van der Waals surface area contributed by atoms with E-state index in [9.17, 15) is 27.9 Å². The van der Waals surface area contributed by atoms with Gasteiger partial charge >= 0.3 is 12.1 Å². The molecule has 0 saturated carbocycles. The van der Waals surface area contributed by atoms with Gasteiger partial charge in [-0.15, -0.1) is 0 Å². The van der Waals surface area contributed by atoms with Crippen LogP contribution in [0.2, 0.25) is 0 Å². The second-order valence-corrected chi connectivity index (χ2v) is 11.3. The van der Waals surface area contributed by atoms with E-state index in [4.69, 9.17) is 4.98 Å². The molecular formula is C30H33BrF3N3O3. The summed E-state index contributed by atoms with van der Waals surface area (Å²) in [5.41, 5.74) is 0.915. The van der Waals surface area contributed by atoms with E-state index in [0.29, 0.717) is 27.9 Å². The van der Waals surface area contributed by atoms with Crippen LogP contribution in [0.15, 0.2) is 46.9 Å². The minimum Gasteiger partial charge on any atom is -0.481 e. The summed E-state index contributed by atoms with van der Waals surface area (Å²) in [6.07, 6.45) is -1.75. The fourth-order valence-corrected chi connectivity index (χ4v) is 5.95. The molecule has 1 aliphatic heterocycles. The van der Waals surface area contributed by atoms with Crippen molar-refractivity contribution in [1.29, 1.82) is 0 Å². The highest BCUT2D eigenvalue weighted by Gasteiger charge is 2.35. The van der Waals surface area contributed by atoms with E-state index in [1.54, 1.807) is 0 Å². The quantitative estimate of drug-likeness (QED) is 0.262. The average Bonchev–Trinajstić information content (AvgIpc) is 2.92. The topological polar surface area (TPSA) is 82.5 Å². The van der Waals surface area contributed by atoms with Crippen LogP contribution < -0.4 is 10.2 Å². The molecule has 3 aromatic rings. The third kappa shape index (κ3) is 6.77. The van der Waals surface area contributed by atoms with Gasteiger partial charge in [0.1, 0.15) is 5.82 Å². The average molecular weight is 621 g/mol. The number of rotatable bonds is 9. The number of carboxylic acid groups (broad SMARTS) is 1. The highest BCUT2D eigenvalue weighted by atomic mass is 79.9. The number of carbonyl (C=O) groups is 2. The second kappa shape index (κ2) is 12.6. The molecule has 4 rings (SSSR count). The maximum atomic E-state index is 13.8. The van der Waals surface area contributed by atoms with Crippen LogP contribution in [0.4, 0.5) is 19.0 Å². The summed E-state index contributed by atoms with van der Waals surface area (Å²) < 4.78 is 42.1. The molecule has 40 heavy (non-hydrogen) atoms. The normalized spacial score (nSPS) is 16.6. The standard InChI is InChI=1S/C30H33BrF3N3O3/c1-3-19-7-6-14-37(17-19)28-18(2)27(23-15-21(31)11-12-25(23)36-28)29(40)35-16-20(10-13-26(38)39)22-8-4-5-9-24(22)30(32,33)34/h4-5,8-9,11-12,15,19-20H,3,6-7,10,13-14,16-17H2,1-2H3,(H,35,40)(H,38,39)/t19-,20+/m1/s1. The summed E-state index contributed by atoms with van der Waals surface area (Å²) >= 11 is 3.47. The molecule has 0 spiro atoms. The molecule has 1 aromatic heterocycles. The number of aliphatic carboxylic acids is 1. The molecule has 1 amide bonds. The Morgan fingerprint density at radius 1 is 1.23 bits per heavy atom. The van der Waals surface area contributed by atoms with E-state index in [0.717, 1.165) is 48.7 Å². The fraction of sp³-hybridized carbons (Fsp3) is 0.433. The summed E-state index contributed by atoms with van der Waals surface area (Å²) in [5, 5.41) is 12.7. The van der Waals surface area contributed by atoms with Crippen molar-refractivity contribution in [2.45, 2.75) is 58.0 Å². The second-order valence-electron chi connectivity index (χ2n) is 10.4. The Kier molecular flexibility index (Phi) is 9.38. The van der Waals surface area contributed by atoms with Gasteiger partial charge in [0.25, 0.3) is 5.91 Å². The molecule has 2 atom stereocenters. The summed E-state index contributed by atoms with van der Waals surface area (Å²) in [7, 11) is 0. The molecule has 214 valence electrons. The van der Waals surface area contributed by atoms with Gasteiger partial charge in [-0.2, -0.15) is 13.2 Å². The van der Waals surface area contributed by atoms with Gasteiger partial charge in [0.2, 0.25) is 0 Å². The number of piperidine rings is 1. The molecule has 2 N–H and O–H groups in total. The van der Waals surface area contributed by atoms with E-state index >= 15 is 0 Å². The molecule has 0 aliphatic carbocycles. The number of hydrogen-bond donors (Lipinski definition) is 2. The summed E-state index contributed by atoms with van der Waals surface area (Å²) in [6, 6.07) is 10.6. The molecular weight excluding hydrogens is 587 g/mol. The van der Waals surface area contributed by atoms with E-state index in [2.05, 4.69) is 33.1 Å². The molecule has 6 nitrogen and oxygen atoms in total. The number of aromatic nitrogens is 1. The van der Waals surface area contributed by atoms with Gasteiger partial charge in [-0.3, -0.25) is 9.59 Å². The first-order chi connectivity index (χ1) is 19.0. The monoisotopic (exact) mass is 619 g/mol. The molecule has 1 aliphatic rings. The summed E-state index contributed by atoms with van der Waals surface area (Å²) in [6.45, 7) is 5.56. The minimum atomic E-state index is -4.61. The zero-order valence-electron chi connectivity index (χ0n) is 22.5. The molecule has 0 bridgehead atoms. The maximum Gasteiger partial charge on any atom is 0.416 e. The van der Waals surface area contributed by atoms with Gasteiger partial charge in [-0.05, 0) is 61.9 Å². The van der Waals surface area contributed by atoms with Gasteiger partial charge in [-0.25, -0.2) is 4.98 Å².